The van der Waals surface area contributed by atoms with Gasteiger partial charge in [0.05, 0.1) is 29.7 Å². The summed E-state index contributed by atoms with van der Waals surface area (Å²) in [4.78, 5) is 6.90. The molecule has 0 aromatic carbocycles. The molecule has 0 amide bonds. The maximum Gasteiger partial charge on any atom is 0.209 e. The molecule has 0 aromatic heterocycles. The van der Waals surface area contributed by atoms with Gasteiger partial charge in [0.2, 0.25) is 5.50 Å². The lowest BCUT2D eigenvalue weighted by atomic mass is 9.84. The highest BCUT2D eigenvalue weighted by Crippen LogP contribution is 2.42. The molecule has 3 saturated heterocycles. The van der Waals surface area contributed by atoms with Crippen molar-refractivity contribution < 1.29 is 39.5 Å². The Hall–Kier alpha value is -0.480. The molecule has 5 fully saturated rings. The van der Waals surface area contributed by atoms with Crippen LogP contribution in [0.25, 0.3) is 0 Å². The van der Waals surface area contributed by atoms with Crippen LogP contribution in [0.2, 0.25) is 0 Å². The van der Waals surface area contributed by atoms with Gasteiger partial charge in [-0.3, -0.25) is 31.2 Å². The smallest absolute Gasteiger partial charge is 0.209 e. The Morgan fingerprint density at radius 3 is 2.18 bits per heavy atom. The Balaban J connectivity index is 1.24. The summed E-state index contributed by atoms with van der Waals surface area (Å²) in [6.45, 7) is 7.33. The number of hydrogen-bond acceptors (Lipinski definition) is 12. The van der Waals surface area contributed by atoms with Crippen molar-refractivity contribution in [2.75, 3.05) is 60.5 Å². The van der Waals surface area contributed by atoms with Crippen LogP contribution in [-0.4, -0.2) is 167 Å². The van der Waals surface area contributed by atoms with Gasteiger partial charge in [0.15, 0.2) is 9.84 Å². The van der Waals surface area contributed by atoms with E-state index in [1.165, 1.54) is 11.8 Å². The molecule has 3 heterocycles. The van der Waals surface area contributed by atoms with Crippen molar-refractivity contribution >= 4 is 21.6 Å². The minimum absolute atomic E-state index is 0.0508. The van der Waals surface area contributed by atoms with Crippen LogP contribution in [-0.2, 0) is 14.6 Å². The normalized spacial score (nSPS) is 44.0. The first-order valence-corrected chi connectivity index (χ1v) is 19.9. The highest BCUT2D eigenvalue weighted by molar-refractivity contribution is 8.00. The van der Waals surface area contributed by atoms with Gasteiger partial charge < -0.3 is 9.64 Å². The van der Waals surface area contributed by atoms with Crippen LogP contribution in [0, 0.1) is 5.92 Å². The SMILES string of the molecule is COC1C(NC2CC(C)NN2)NC(SC2CCC(S(=O)(=O)C(F)C3C(F)C(F)CC(F)C3F)CC2F)NC1N1CCN(CCN(C)C)CC1. The zero-order chi connectivity index (χ0) is 35.6. The number of alkyl halides is 6. The number of piperazine rings is 1. The number of likely N-dealkylation sites (N-methyl/N-ethyl adjacent to an activating group) is 1. The molecule has 11 nitrogen and oxygen atoms in total. The summed E-state index contributed by atoms with van der Waals surface area (Å²) >= 11 is 1.28. The quantitative estimate of drug-likeness (QED) is 0.185. The number of halogens is 6. The molecule has 5 N–H and O–H groups in total. The molecule has 286 valence electrons. The Morgan fingerprint density at radius 1 is 0.939 bits per heavy atom. The number of rotatable bonds is 12. The first-order valence-electron chi connectivity index (χ1n) is 17.3. The predicted molar refractivity (Wildman–Crippen MR) is 178 cm³/mol. The number of nitrogens with zero attached hydrogens (tertiary/aromatic N) is 3. The van der Waals surface area contributed by atoms with Gasteiger partial charge in [-0.2, -0.15) is 0 Å². The van der Waals surface area contributed by atoms with Crippen molar-refractivity contribution in [1.82, 2.24) is 41.5 Å². The second-order valence-electron chi connectivity index (χ2n) is 14.5. The lowest BCUT2D eigenvalue weighted by molar-refractivity contribution is -0.0680. The third-order valence-corrected chi connectivity index (χ3v) is 14.4. The second kappa shape index (κ2) is 17.1. The van der Waals surface area contributed by atoms with E-state index >= 15 is 8.78 Å². The third kappa shape index (κ3) is 9.37. The monoisotopic (exact) mass is 752 g/mol. The van der Waals surface area contributed by atoms with Gasteiger partial charge in [-0.25, -0.2) is 40.2 Å². The van der Waals surface area contributed by atoms with E-state index in [2.05, 4.69) is 48.4 Å². The van der Waals surface area contributed by atoms with E-state index < -0.39 is 81.0 Å². The van der Waals surface area contributed by atoms with Gasteiger partial charge in [-0.15, -0.1) is 11.8 Å². The number of hydrazine groups is 1. The summed E-state index contributed by atoms with van der Waals surface area (Å²) < 4.78 is 120. The Bertz CT molecular complexity index is 1150. The zero-order valence-electron chi connectivity index (χ0n) is 28.6. The minimum Gasteiger partial charge on any atom is -0.375 e. The van der Waals surface area contributed by atoms with E-state index in [1.807, 2.05) is 14.1 Å². The fourth-order valence-electron chi connectivity index (χ4n) is 7.69. The van der Waals surface area contributed by atoms with E-state index in [-0.39, 0.29) is 43.5 Å². The highest BCUT2D eigenvalue weighted by atomic mass is 32.2. The van der Waals surface area contributed by atoms with E-state index in [1.54, 1.807) is 7.11 Å². The van der Waals surface area contributed by atoms with Crippen molar-refractivity contribution in [3.05, 3.63) is 0 Å². The van der Waals surface area contributed by atoms with Gasteiger partial charge in [-0.05, 0) is 46.7 Å². The third-order valence-electron chi connectivity index (χ3n) is 10.6. The molecule has 3 aliphatic heterocycles. The van der Waals surface area contributed by atoms with Crippen molar-refractivity contribution in [1.29, 1.82) is 0 Å². The number of thioether (sulfide) groups is 1. The number of sulfone groups is 1. The van der Waals surface area contributed by atoms with Gasteiger partial charge in [0, 0.05) is 64.1 Å². The Kier molecular flexibility index (Phi) is 13.9. The van der Waals surface area contributed by atoms with Crippen LogP contribution in [0.15, 0.2) is 0 Å². The summed E-state index contributed by atoms with van der Waals surface area (Å²) in [5.41, 5.74) is 2.80. The summed E-state index contributed by atoms with van der Waals surface area (Å²) in [6.07, 6.45) is -14.3. The van der Waals surface area contributed by atoms with Gasteiger partial charge >= 0.3 is 0 Å². The van der Waals surface area contributed by atoms with Crippen molar-refractivity contribution in [3.63, 3.8) is 0 Å². The van der Waals surface area contributed by atoms with E-state index in [9.17, 15) is 26.0 Å². The fraction of sp³-hybridized carbons (Fsp3) is 1.00. The lowest BCUT2D eigenvalue weighted by Gasteiger charge is -2.50. The molecule has 0 aromatic rings. The molecule has 19 heteroatoms. The largest absolute Gasteiger partial charge is 0.375 e. The highest BCUT2D eigenvalue weighted by Gasteiger charge is 2.56. The average Bonchev–Trinajstić information content (AvgIpc) is 3.47. The van der Waals surface area contributed by atoms with Crippen molar-refractivity contribution in [3.8, 4) is 0 Å². The summed E-state index contributed by atoms with van der Waals surface area (Å²) in [5.74, 6) is -2.64. The van der Waals surface area contributed by atoms with E-state index in [0.717, 1.165) is 45.7 Å². The number of methoxy groups -OCH3 is 1. The minimum atomic E-state index is -4.95. The molecule has 14 unspecified atom stereocenters. The predicted octanol–water partition coefficient (Wildman–Crippen LogP) is 1.19. The molecule has 49 heavy (non-hydrogen) atoms. The average molecular weight is 753 g/mol. The number of nitrogens with one attached hydrogen (secondary N) is 5. The van der Waals surface area contributed by atoms with Crippen LogP contribution in [0.5, 0.6) is 0 Å². The molecule has 5 rings (SSSR count). The second-order valence-corrected chi connectivity index (χ2v) is 18.1. The maximum atomic E-state index is 15.8. The van der Waals surface area contributed by atoms with Crippen molar-refractivity contribution in [2.45, 2.75) is 122 Å². The molecule has 0 spiro atoms. The summed E-state index contributed by atoms with van der Waals surface area (Å²) in [7, 11) is 0.800. The Morgan fingerprint density at radius 2 is 1.61 bits per heavy atom. The van der Waals surface area contributed by atoms with Gasteiger partial charge in [0.25, 0.3) is 0 Å². The first kappa shape index (κ1) is 39.7. The maximum absolute atomic E-state index is 15.8. The van der Waals surface area contributed by atoms with Crippen LogP contribution in [0.1, 0.15) is 39.0 Å². The van der Waals surface area contributed by atoms with Crippen molar-refractivity contribution in [2.24, 2.45) is 5.92 Å². The molecule has 0 radical (unpaired) electrons. The van der Waals surface area contributed by atoms with E-state index in [0.29, 0.717) is 0 Å². The standard InChI is InChI=1S/C30H54F6N8O3S2/c1-16-13-22(41-40-16)37-28-26(47-4)29(44-11-9-43(10-12-44)8-7-42(2)3)39-30(38-28)48-21-6-5-17(14-18(21)31)49(45,46)27(36)23-24(34)19(32)15-20(33)25(23)35/h16-30,37-41H,5-15H2,1-4H3. The molecule has 2 saturated carbocycles. The van der Waals surface area contributed by atoms with Gasteiger partial charge in [0.1, 0.15) is 42.5 Å². The van der Waals surface area contributed by atoms with E-state index in [4.69, 9.17) is 4.74 Å². The van der Waals surface area contributed by atoms with Crippen LogP contribution >= 0.6 is 11.8 Å². The summed E-state index contributed by atoms with van der Waals surface area (Å²) in [5, 5.41) is 8.44. The van der Waals surface area contributed by atoms with Crippen LogP contribution < -0.4 is 26.8 Å². The topological polar surface area (TPSA) is 113 Å². The number of ether oxygens (including phenoxy) is 1. The van der Waals surface area contributed by atoms with Gasteiger partial charge in [-0.1, -0.05) is 0 Å². The molecule has 2 aliphatic carbocycles. The Labute approximate surface area is 290 Å². The number of hydrogen-bond donors (Lipinski definition) is 5. The molecule has 14 atom stereocenters. The molecule has 0 bridgehead atoms. The van der Waals surface area contributed by atoms with Crippen LogP contribution in [0.3, 0.4) is 0 Å². The molecular weight excluding hydrogens is 699 g/mol. The van der Waals surface area contributed by atoms with Crippen LogP contribution in [0.4, 0.5) is 26.3 Å². The summed E-state index contributed by atoms with van der Waals surface area (Å²) in [6, 6.07) is 0.251. The molecule has 5 aliphatic rings. The molecular formula is C30H54F6N8O3S2. The zero-order valence-corrected chi connectivity index (χ0v) is 30.2. The first-order chi connectivity index (χ1) is 23.2. The lowest BCUT2D eigenvalue weighted by Crippen LogP contribution is -2.75. The fourth-order valence-corrected chi connectivity index (χ4v) is 11.1.